The Labute approximate surface area is 128 Å². The summed E-state index contributed by atoms with van der Waals surface area (Å²) in [6.45, 7) is 2.57. The van der Waals surface area contributed by atoms with Gasteiger partial charge in [-0.1, -0.05) is 18.3 Å². The molecule has 0 saturated heterocycles. The van der Waals surface area contributed by atoms with Gasteiger partial charge in [0.15, 0.2) is 5.62 Å². The van der Waals surface area contributed by atoms with Crippen LogP contribution in [0.1, 0.15) is 13.3 Å². The highest BCUT2D eigenvalue weighted by Gasteiger charge is 2.10. The summed E-state index contributed by atoms with van der Waals surface area (Å²) in [6, 6.07) is 8.03. The van der Waals surface area contributed by atoms with Gasteiger partial charge in [0.05, 0.1) is 5.69 Å². The molecule has 1 atom stereocenters. The van der Waals surface area contributed by atoms with Crippen molar-refractivity contribution in [1.82, 2.24) is 5.09 Å². The molecule has 1 unspecified atom stereocenters. The van der Waals surface area contributed by atoms with E-state index in [0.29, 0.717) is 6.54 Å². The molecule has 0 aromatic heterocycles. The van der Waals surface area contributed by atoms with Crippen molar-refractivity contribution in [2.45, 2.75) is 18.2 Å². The summed E-state index contributed by atoms with van der Waals surface area (Å²) in [5.41, 5.74) is -1.53. The predicted molar refractivity (Wildman–Crippen MR) is 93.6 cm³/mol. The predicted octanol–water partition coefficient (Wildman–Crippen LogP) is 4.06. The van der Waals surface area contributed by atoms with E-state index in [-0.39, 0.29) is 0 Å². The zero-order valence-corrected chi connectivity index (χ0v) is 14.4. The molecule has 0 spiro atoms. The molecule has 0 heterocycles. The largest absolute Gasteiger partial charge is 0.346 e. The third kappa shape index (κ3) is 7.49. The maximum atomic E-state index is 9.92. The molecule has 19 heavy (non-hydrogen) atoms. The summed E-state index contributed by atoms with van der Waals surface area (Å²) in [7, 11) is 0. The Bertz CT molecular complexity index is 451. The lowest BCUT2D eigenvalue weighted by molar-refractivity contribution is 0.627. The molecule has 0 radical (unpaired) electrons. The molecule has 2 N–H and O–H groups in total. The monoisotopic (exact) mass is 334 g/mol. The molecule has 1 aromatic rings. The molecule has 0 aliphatic rings. The second-order valence-electron chi connectivity index (χ2n) is 3.73. The second-order valence-corrected chi connectivity index (χ2v) is 11.3. The van der Waals surface area contributed by atoms with E-state index in [4.69, 9.17) is 11.8 Å². The third-order valence-corrected chi connectivity index (χ3v) is 7.75. The smallest absolute Gasteiger partial charge is 0.183 e. The molecule has 1 rings (SSSR count). The van der Waals surface area contributed by atoms with Crippen LogP contribution < -0.4 is 5.09 Å². The van der Waals surface area contributed by atoms with Crippen molar-refractivity contribution in [2.75, 3.05) is 18.6 Å². The van der Waals surface area contributed by atoms with Crippen LogP contribution in [-0.2, 0) is 11.8 Å². The van der Waals surface area contributed by atoms with E-state index in [1.165, 1.54) is 16.3 Å². The van der Waals surface area contributed by atoms with E-state index in [9.17, 15) is 4.89 Å². The number of hydrogen-bond acceptors (Lipinski definition) is 4. The van der Waals surface area contributed by atoms with Crippen molar-refractivity contribution in [1.29, 1.82) is 0 Å². The standard InChI is InChI=1S/C12H19N2OPS3/c1-3-10-19-16(15,17)14-9-8-13-11-4-6-12(18-2)7-5-11/h4-8H,3,9-10H2,1-2H3,(H2,14,15,17). The fraction of sp³-hybridized carbons (Fsp3) is 0.417. The Hall–Kier alpha value is 0.160. The zero-order chi connectivity index (χ0) is 14.1. The first-order chi connectivity index (χ1) is 9.07. The lowest BCUT2D eigenvalue weighted by atomic mass is 10.3. The lowest BCUT2D eigenvalue weighted by Crippen LogP contribution is -2.10. The second kappa shape index (κ2) is 9.16. The topological polar surface area (TPSA) is 44.6 Å². The summed E-state index contributed by atoms with van der Waals surface area (Å²) >= 11 is 8.27. The van der Waals surface area contributed by atoms with Crippen LogP contribution in [0.4, 0.5) is 5.69 Å². The minimum atomic E-state index is -2.44. The molecule has 0 bridgehead atoms. The first-order valence-corrected chi connectivity index (χ1v) is 11.5. The highest BCUT2D eigenvalue weighted by atomic mass is 32.9. The van der Waals surface area contributed by atoms with E-state index in [1.807, 2.05) is 30.5 Å². The SMILES string of the molecule is CCCSP(O)(=S)NCC=Nc1ccc(SC)cc1. The Morgan fingerprint density at radius 1 is 1.42 bits per heavy atom. The average molecular weight is 334 g/mol. The van der Waals surface area contributed by atoms with Gasteiger partial charge in [-0.05, 0) is 48.7 Å². The highest BCUT2D eigenvalue weighted by molar-refractivity contribution is 8.68. The molecule has 0 aliphatic carbocycles. The van der Waals surface area contributed by atoms with Gasteiger partial charge < -0.3 is 4.89 Å². The molecule has 0 amide bonds. The van der Waals surface area contributed by atoms with Crippen molar-refractivity contribution >= 4 is 52.5 Å². The summed E-state index contributed by atoms with van der Waals surface area (Å²) in [4.78, 5) is 15.5. The molecule has 1 aromatic carbocycles. The first kappa shape index (κ1) is 17.2. The fourth-order valence-electron chi connectivity index (χ4n) is 1.24. The zero-order valence-electron chi connectivity index (χ0n) is 11.1. The van der Waals surface area contributed by atoms with E-state index in [0.717, 1.165) is 17.9 Å². The minimum absolute atomic E-state index is 0.495. The minimum Gasteiger partial charge on any atom is -0.346 e. The Morgan fingerprint density at radius 2 is 2.11 bits per heavy atom. The van der Waals surface area contributed by atoms with Crippen molar-refractivity contribution in [2.24, 2.45) is 4.99 Å². The van der Waals surface area contributed by atoms with Crippen LogP contribution in [0.25, 0.3) is 0 Å². The van der Waals surface area contributed by atoms with Crippen LogP contribution in [-0.4, -0.2) is 29.7 Å². The van der Waals surface area contributed by atoms with E-state index in [2.05, 4.69) is 17.0 Å². The Kier molecular flexibility index (Phi) is 8.30. The Morgan fingerprint density at radius 3 is 2.68 bits per heavy atom. The summed E-state index contributed by atoms with van der Waals surface area (Å²) in [5, 5.41) is 2.98. The van der Waals surface area contributed by atoms with Gasteiger partial charge in [0, 0.05) is 23.4 Å². The third-order valence-electron chi connectivity index (χ3n) is 2.17. The van der Waals surface area contributed by atoms with Crippen LogP contribution in [0.15, 0.2) is 34.2 Å². The maximum Gasteiger partial charge on any atom is 0.183 e. The van der Waals surface area contributed by atoms with Crippen LogP contribution >= 0.6 is 28.8 Å². The van der Waals surface area contributed by atoms with Crippen molar-refractivity contribution < 1.29 is 4.89 Å². The molecule has 0 saturated carbocycles. The van der Waals surface area contributed by atoms with Crippen LogP contribution in [0, 0.1) is 0 Å². The van der Waals surface area contributed by atoms with Gasteiger partial charge in [-0.25, -0.2) is 0 Å². The number of nitrogens with one attached hydrogen (secondary N) is 1. The van der Waals surface area contributed by atoms with Gasteiger partial charge in [-0.2, -0.15) is 0 Å². The van der Waals surface area contributed by atoms with Crippen LogP contribution in [0.3, 0.4) is 0 Å². The fourth-order valence-corrected chi connectivity index (χ4v) is 5.16. The number of benzene rings is 1. The summed E-state index contributed by atoms with van der Waals surface area (Å²) < 4.78 is 0. The van der Waals surface area contributed by atoms with Gasteiger partial charge >= 0.3 is 0 Å². The number of rotatable bonds is 8. The number of hydrogen-bond donors (Lipinski definition) is 2. The van der Waals surface area contributed by atoms with E-state index >= 15 is 0 Å². The van der Waals surface area contributed by atoms with Crippen molar-refractivity contribution in [3.05, 3.63) is 24.3 Å². The van der Waals surface area contributed by atoms with E-state index in [1.54, 1.807) is 18.0 Å². The van der Waals surface area contributed by atoms with Gasteiger partial charge in [0.1, 0.15) is 0 Å². The maximum absolute atomic E-state index is 9.92. The van der Waals surface area contributed by atoms with Gasteiger partial charge in [0.2, 0.25) is 0 Å². The molecule has 7 heteroatoms. The number of aliphatic imine (C=N–C) groups is 1. The normalized spacial score (nSPS) is 14.7. The summed E-state index contributed by atoms with van der Waals surface area (Å²) in [6.07, 6.45) is 4.81. The summed E-state index contributed by atoms with van der Waals surface area (Å²) in [5.74, 6) is 0.883. The van der Waals surface area contributed by atoms with Crippen LogP contribution in [0.2, 0.25) is 0 Å². The van der Waals surface area contributed by atoms with Gasteiger partial charge in [-0.15, -0.1) is 11.8 Å². The molecule has 106 valence electrons. The first-order valence-electron chi connectivity index (χ1n) is 5.96. The number of nitrogens with zero attached hydrogens (tertiary/aromatic N) is 1. The lowest BCUT2D eigenvalue weighted by Gasteiger charge is -2.13. The van der Waals surface area contributed by atoms with Gasteiger partial charge in [0.25, 0.3) is 0 Å². The van der Waals surface area contributed by atoms with Crippen molar-refractivity contribution in [3.63, 3.8) is 0 Å². The van der Waals surface area contributed by atoms with Crippen LogP contribution in [0.5, 0.6) is 0 Å². The van der Waals surface area contributed by atoms with E-state index < -0.39 is 5.62 Å². The molecular formula is C12H19N2OPS3. The molecular weight excluding hydrogens is 315 g/mol. The Balaban J connectivity index is 2.39. The highest BCUT2D eigenvalue weighted by Crippen LogP contribution is 2.50. The molecule has 0 fully saturated rings. The molecule has 0 aliphatic heterocycles. The van der Waals surface area contributed by atoms with Crippen molar-refractivity contribution in [3.8, 4) is 0 Å². The number of thioether (sulfide) groups is 1. The molecule has 3 nitrogen and oxygen atoms in total. The van der Waals surface area contributed by atoms with Gasteiger partial charge in [-0.3, -0.25) is 10.1 Å². The quantitative estimate of drug-likeness (QED) is 0.426. The average Bonchev–Trinajstić information content (AvgIpc) is 2.42.